The predicted molar refractivity (Wildman–Crippen MR) is 106 cm³/mol. The van der Waals surface area contributed by atoms with Crippen LogP contribution in [0, 0.1) is 5.82 Å². The van der Waals surface area contributed by atoms with E-state index < -0.39 is 0 Å². The van der Waals surface area contributed by atoms with Crippen LogP contribution in [-0.4, -0.2) is 30.2 Å². The first-order valence-corrected chi connectivity index (χ1v) is 8.92. The second-order valence-electron chi connectivity index (χ2n) is 6.06. The maximum atomic E-state index is 13.6. The third kappa shape index (κ3) is 5.67. The largest absolute Gasteiger partial charge is 0.497 e. The Bertz CT molecular complexity index is 855. The van der Waals surface area contributed by atoms with E-state index in [-0.39, 0.29) is 5.82 Å². The van der Waals surface area contributed by atoms with Crippen LogP contribution in [0.25, 0.3) is 0 Å². The van der Waals surface area contributed by atoms with Crippen LogP contribution >= 0.6 is 0 Å². The Balaban J connectivity index is 1.46. The predicted octanol–water partition coefficient (Wildman–Crippen LogP) is 3.93. The molecule has 0 saturated heterocycles. The van der Waals surface area contributed by atoms with Crippen LogP contribution in [0.1, 0.15) is 11.1 Å². The highest BCUT2D eigenvalue weighted by Gasteiger charge is 2.02. The number of ether oxygens (including phenoxy) is 1. The van der Waals surface area contributed by atoms with Gasteiger partial charge in [0.05, 0.1) is 7.11 Å². The molecular formula is C21H23FN4O. The van der Waals surface area contributed by atoms with E-state index in [2.05, 4.69) is 32.7 Å². The SMILES string of the molecule is COc1ccc(CCNc2ccnc(NCCc3ccccc3F)n2)cc1. The van der Waals surface area contributed by atoms with Crippen LogP contribution in [-0.2, 0) is 12.8 Å². The summed E-state index contributed by atoms with van der Waals surface area (Å²) in [5, 5.41) is 6.44. The quantitative estimate of drug-likeness (QED) is 0.601. The molecule has 0 radical (unpaired) electrons. The second-order valence-corrected chi connectivity index (χ2v) is 6.06. The molecule has 0 amide bonds. The van der Waals surface area contributed by atoms with Gasteiger partial charge in [0.25, 0.3) is 0 Å². The van der Waals surface area contributed by atoms with Crippen molar-refractivity contribution in [3.63, 3.8) is 0 Å². The molecule has 1 aromatic heterocycles. The number of aromatic nitrogens is 2. The number of nitrogens with one attached hydrogen (secondary N) is 2. The van der Waals surface area contributed by atoms with Crippen molar-refractivity contribution in [3.8, 4) is 5.75 Å². The number of rotatable bonds is 9. The molecule has 0 aliphatic carbocycles. The molecule has 140 valence electrons. The topological polar surface area (TPSA) is 59.1 Å². The Labute approximate surface area is 158 Å². The Morgan fingerprint density at radius 1 is 0.926 bits per heavy atom. The molecule has 27 heavy (non-hydrogen) atoms. The van der Waals surface area contributed by atoms with Crippen molar-refractivity contribution in [1.29, 1.82) is 0 Å². The molecule has 2 N–H and O–H groups in total. The highest BCUT2D eigenvalue weighted by molar-refractivity contribution is 5.40. The van der Waals surface area contributed by atoms with Crippen LogP contribution in [0.15, 0.2) is 60.8 Å². The molecule has 0 aliphatic rings. The van der Waals surface area contributed by atoms with E-state index in [0.717, 1.165) is 24.5 Å². The first-order valence-electron chi connectivity index (χ1n) is 8.92. The van der Waals surface area contributed by atoms with E-state index >= 15 is 0 Å². The van der Waals surface area contributed by atoms with Crippen molar-refractivity contribution < 1.29 is 9.13 Å². The van der Waals surface area contributed by atoms with Gasteiger partial charge >= 0.3 is 0 Å². The van der Waals surface area contributed by atoms with Gasteiger partial charge in [-0.2, -0.15) is 4.98 Å². The molecule has 0 bridgehead atoms. The summed E-state index contributed by atoms with van der Waals surface area (Å²) in [4.78, 5) is 8.65. The number of nitrogens with zero attached hydrogens (tertiary/aromatic N) is 2. The smallest absolute Gasteiger partial charge is 0.224 e. The van der Waals surface area contributed by atoms with Gasteiger partial charge in [-0.1, -0.05) is 30.3 Å². The summed E-state index contributed by atoms with van der Waals surface area (Å²) in [5.74, 6) is 1.95. The summed E-state index contributed by atoms with van der Waals surface area (Å²) in [7, 11) is 1.66. The molecule has 0 saturated carbocycles. The van der Waals surface area contributed by atoms with Crippen LogP contribution in [0.4, 0.5) is 16.2 Å². The highest BCUT2D eigenvalue weighted by atomic mass is 19.1. The van der Waals surface area contributed by atoms with Gasteiger partial charge in [0.15, 0.2) is 0 Å². The second kappa shape index (κ2) is 9.52. The van der Waals surface area contributed by atoms with E-state index in [1.165, 1.54) is 11.6 Å². The average Bonchev–Trinajstić information content (AvgIpc) is 2.70. The maximum Gasteiger partial charge on any atom is 0.224 e. The third-order valence-electron chi connectivity index (χ3n) is 4.17. The molecule has 1 heterocycles. The molecule has 2 aromatic carbocycles. The number of hydrogen-bond donors (Lipinski definition) is 2. The van der Waals surface area contributed by atoms with Gasteiger partial charge in [-0.3, -0.25) is 0 Å². The minimum absolute atomic E-state index is 0.186. The zero-order chi connectivity index (χ0) is 18.9. The maximum absolute atomic E-state index is 13.6. The molecule has 6 heteroatoms. The van der Waals surface area contributed by atoms with Crippen molar-refractivity contribution in [2.45, 2.75) is 12.8 Å². The van der Waals surface area contributed by atoms with E-state index in [4.69, 9.17) is 4.74 Å². The van der Waals surface area contributed by atoms with Gasteiger partial charge in [0, 0.05) is 19.3 Å². The van der Waals surface area contributed by atoms with Gasteiger partial charge in [-0.25, -0.2) is 9.37 Å². The van der Waals surface area contributed by atoms with Crippen LogP contribution in [0.5, 0.6) is 5.75 Å². The Hall–Kier alpha value is -3.15. The number of anilines is 2. The van der Waals surface area contributed by atoms with E-state index in [1.807, 2.05) is 24.3 Å². The zero-order valence-corrected chi connectivity index (χ0v) is 15.3. The zero-order valence-electron chi connectivity index (χ0n) is 15.3. The summed E-state index contributed by atoms with van der Waals surface area (Å²) >= 11 is 0. The number of halogens is 1. The van der Waals surface area contributed by atoms with Crippen molar-refractivity contribution in [2.24, 2.45) is 0 Å². The molecule has 0 spiro atoms. The molecule has 3 rings (SSSR count). The van der Waals surface area contributed by atoms with Crippen LogP contribution < -0.4 is 15.4 Å². The fourth-order valence-electron chi connectivity index (χ4n) is 2.68. The van der Waals surface area contributed by atoms with Gasteiger partial charge in [-0.05, 0) is 48.2 Å². The number of benzene rings is 2. The van der Waals surface area contributed by atoms with Crippen molar-refractivity contribution in [3.05, 3.63) is 77.7 Å². The summed E-state index contributed by atoms with van der Waals surface area (Å²) in [6.07, 6.45) is 3.16. The summed E-state index contributed by atoms with van der Waals surface area (Å²) in [6.45, 7) is 1.33. The minimum atomic E-state index is -0.186. The Kier molecular flexibility index (Phi) is 6.57. The first-order chi connectivity index (χ1) is 13.2. The van der Waals surface area contributed by atoms with E-state index in [9.17, 15) is 4.39 Å². The minimum Gasteiger partial charge on any atom is -0.497 e. The van der Waals surface area contributed by atoms with E-state index in [1.54, 1.807) is 25.4 Å². The normalized spacial score (nSPS) is 10.4. The lowest BCUT2D eigenvalue weighted by Crippen LogP contribution is -2.11. The highest BCUT2D eigenvalue weighted by Crippen LogP contribution is 2.12. The molecule has 0 aliphatic heterocycles. The molecule has 0 fully saturated rings. The molecular weight excluding hydrogens is 343 g/mol. The summed E-state index contributed by atoms with van der Waals surface area (Å²) in [5.41, 5.74) is 1.90. The average molecular weight is 366 g/mol. The fraction of sp³-hybridized carbons (Fsp3) is 0.238. The standard InChI is InChI=1S/C21H23FN4O/c1-27-18-8-6-16(7-9-18)10-13-23-20-12-15-25-21(26-20)24-14-11-17-4-2-3-5-19(17)22/h2-9,12,15H,10-11,13-14H2,1H3,(H2,23,24,25,26). The Morgan fingerprint density at radius 3 is 2.48 bits per heavy atom. The molecule has 0 atom stereocenters. The van der Waals surface area contributed by atoms with Crippen molar-refractivity contribution in [1.82, 2.24) is 9.97 Å². The molecule has 0 unspecified atom stereocenters. The lowest BCUT2D eigenvalue weighted by molar-refractivity contribution is 0.414. The van der Waals surface area contributed by atoms with Gasteiger partial charge in [0.2, 0.25) is 5.95 Å². The van der Waals surface area contributed by atoms with Crippen LogP contribution in [0.2, 0.25) is 0 Å². The fourth-order valence-corrected chi connectivity index (χ4v) is 2.68. The summed E-state index contributed by atoms with van der Waals surface area (Å²) < 4.78 is 18.8. The van der Waals surface area contributed by atoms with Gasteiger partial charge in [-0.15, -0.1) is 0 Å². The summed E-state index contributed by atoms with van der Waals surface area (Å²) in [6, 6.07) is 16.6. The molecule has 3 aromatic rings. The monoisotopic (exact) mass is 366 g/mol. The number of hydrogen-bond acceptors (Lipinski definition) is 5. The lowest BCUT2D eigenvalue weighted by Gasteiger charge is -2.09. The number of methoxy groups -OCH3 is 1. The lowest BCUT2D eigenvalue weighted by atomic mass is 10.1. The third-order valence-corrected chi connectivity index (χ3v) is 4.17. The molecule has 5 nitrogen and oxygen atoms in total. The van der Waals surface area contributed by atoms with Gasteiger partial charge < -0.3 is 15.4 Å². The first kappa shape index (κ1) is 18.6. The van der Waals surface area contributed by atoms with Gasteiger partial charge in [0.1, 0.15) is 17.4 Å². The van der Waals surface area contributed by atoms with E-state index in [0.29, 0.717) is 24.5 Å². The van der Waals surface area contributed by atoms with Crippen LogP contribution in [0.3, 0.4) is 0 Å². The van der Waals surface area contributed by atoms with Crippen molar-refractivity contribution >= 4 is 11.8 Å². The Morgan fingerprint density at radius 2 is 1.70 bits per heavy atom. The van der Waals surface area contributed by atoms with Crippen molar-refractivity contribution in [2.75, 3.05) is 30.8 Å².